The van der Waals surface area contributed by atoms with Crippen LogP contribution in [0, 0.1) is 0 Å². The number of rotatable bonds is 8. The van der Waals surface area contributed by atoms with Gasteiger partial charge in [0.25, 0.3) is 0 Å². The van der Waals surface area contributed by atoms with Gasteiger partial charge < -0.3 is 20.3 Å². The number of nitrogens with one attached hydrogen (secondary N) is 2. The number of amides is 2. The number of anilines is 1. The summed E-state index contributed by atoms with van der Waals surface area (Å²) in [7, 11) is 1.69. The van der Waals surface area contributed by atoms with Crippen LogP contribution in [-0.4, -0.2) is 61.0 Å². The van der Waals surface area contributed by atoms with E-state index < -0.39 is 11.8 Å². The second kappa shape index (κ2) is 11.8. The van der Waals surface area contributed by atoms with Crippen LogP contribution in [0.25, 0.3) is 0 Å². The average molecular weight is 494 g/mol. The molecule has 8 nitrogen and oxygen atoms in total. The van der Waals surface area contributed by atoms with Crippen LogP contribution in [-0.2, 0) is 16.1 Å². The van der Waals surface area contributed by atoms with E-state index >= 15 is 0 Å². The number of ether oxygens (including phenoxy) is 1. The lowest BCUT2D eigenvalue weighted by Gasteiger charge is -2.42. The largest absolute Gasteiger partial charge is 0.495 e. The molecule has 35 heavy (non-hydrogen) atoms. The third-order valence-electron chi connectivity index (χ3n) is 6.18. The van der Waals surface area contributed by atoms with Crippen molar-refractivity contribution in [2.24, 2.45) is 0 Å². The van der Waals surface area contributed by atoms with E-state index in [1.165, 1.54) is 4.88 Å². The van der Waals surface area contributed by atoms with Gasteiger partial charge in [-0.1, -0.05) is 24.3 Å². The predicted octanol–water partition coefficient (Wildman–Crippen LogP) is 2.84. The van der Waals surface area contributed by atoms with Crippen molar-refractivity contribution in [3.05, 3.63) is 76.7 Å². The standard InChI is InChI=1S/C26H31N5O3S/c1-19(29-26(33)25(32)28-18-20-7-5-11-27-17-20)24(23-10-6-16-35-23)31-14-12-30(13-15-31)21-8-3-4-9-22(21)34-2/h3-11,16-17,19,24H,12-15,18H2,1-2H3,(H,28,32)(H,29,33)/t19-,24+/m0/s1. The fourth-order valence-electron chi connectivity index (χ4n) is 4.45. The number of hydrogen-bond donors (Lipinski definition) is 2. The highest BCUT2D eigenvalue weighted by atomic mass is 32.1. The van der Waals surface area contributed by atoms with Crippen LogP contribution in [0.5, 0.6) is 5.75 Å². The maximum atomic E-state index is 12.7. The molecule has 0 saturated carbocycles. The van der Waals surface area contributed by atoms with Crippen molar-refractivity contribution in [1.29, 1.82) is 0 Å². The summed E-state index contributed by atoms with van der Waals surface area (Å²) in [6, 6.07) is 15.5. The van der Waals surface area contributed by atoms with Gasteiger partial charge in [-0.25, -0.2) is 0 Å². The second-order valence-electron chi connectivity index (χ2n) is 8.46. The summed E-state index contributed by atoms with van der Waals surface area (Å²) >= 11 is 1.67. The van der Waals surface area contributed by atoms with Gasteiger partial charge in [0, 0.05) is 56.0 Å². The Hall–Kier alpha value is -3.43. The SMILES string of the molecule is COc1ccccc1N1CCN([C@@H](c2cccs2)[C@H](C)NC(=O)C(=O)NCc2cccnc2)CC1. The zero-order valence-corrected chi connectivity index (χ0v) is 20.8. The lowest BCUT2D eigenvalue weighted by atomic mass is 10.0. The van der Waals surface area contributed by atoms with E-state index in [-0.39, 0.29) is 18.6 Å². The summed E-state index contributed by atoms with van der Waals surface area (Å²) in [6.07, 6.45) is 3.33. The summed E-state index contributed by atoms with van der Waals surface area (Å²) in [5.41, 5.74) is 1.93. The summed E-state index contributed by atoms with van der Waals surface area (Å²) in [5, 5.41) is 7.64. The number of nitrogens with zero attached hydrogens (tertiary/aromatic N) is 3. The van der Waals surface area contributed by atoms with Crippen LogP contribution in [0.1, 0.15) is 23.4 Å². The highest BCUT2D eigenvalue weighted by Crippen LogP contribution is 2.32. The number of carbonyl (C=O) groups excluding carboxylic acids is 2. The Bertz CT molecular complexity index is 1100. The van der Waals surface area contributed by atoms with Gasteiger partial charge in [0.05, 0.1) is 18.8 Å². The van der Waals surface area contributed by atoms with Crippen molar-refractivity contribution in [3.63, 3.8) is 0 Å². The highest BCUT2D eigenvalue weighted by Gasteiger charge is 2.32. The van der Waals surface area contributed by atoms with Gasteiger partial charge in [-0.05, 0) is 42.1 Å². The van der Waals surface area contributed by atoms with E-state index in [0.29, 0.717) is 0 Å². The molecule has 2 aromatic heterocycles. The van der Waals surface area contributed by atoms with Gasteiger partial charge in [-0.2, -0.15) is 0 Å². The molecule has 0 radical (unpaired) electrons. The first-order chi connectivity index (χ1) is 17.1. The Morgan fingerprint density at radius 1 is 1.06 bits per heavy atom. The minimum absolute atomic E-state index is 0.0232. The molecule has 0 unspecified atom stereocenters. The molecule has 2 amide bonds. The van der Waals surface area contributed by atoms with Gasteiger partial charge in [-0.15, -0.1) is 11.3 Å². The zero-order chi connectivity index (χ0) is 24.6. The molecule has 1 fully saturated rings. The first-order valence-corrected chi connectivity index (χ1v) is 12.6. The molecule has 4 rings (SSSR count). The van der Waals surface area contributed by atoms with Crippen LogP contribution >= 0.6 is 11.3 Å². The van der Waals surface area contributed by atoms with E-state index in [9.17, 15) is 9.59 Å². The van der Waals surface area contributed by atoms with Gasteiger partial charge in [0.1, 0.15) is 5.75 Å². The summed E-state index contributed by atoms with van der Waals surface area (Å²) in [4.78, 5) is 35.0. The molecular formula is C26H31N5O3S. The number of aromatic nitrogens is 1. The van der Waals surface area contributed by atoms with Crippen LogP contribution in [0.15, 0.2) is 66.3 Å². The lowest BCUT2D eigenvalue weighted by Crippen LogP contribution is -2.53. The lowest BCUT2D eigenvalue weighted by molar-refractivity contribution is -0.140. The zero-order valence-electron chi connectivity index (χ0n) is 20.0. The predicted molar refractivity (Wildman–Crippen MR) is 138 cm³/mol. The summed E-state index contributed by atoms with van der Waals surface area (Å²) in [5.74, 6) is -0.407. The van der Waals surface area contributed by atoms with E-state index in [0.717, 1.165) is 43.2 Å². The molecule has 0 bridgehead atoms. The number of hydrogen-bond acceptors (Lipinski definition) is 7. The maximum Gasteiger partial charge on any atom is 0.309 e. The van der Waals surface area contributed by atoms with Gasteiger partial charge in [-0.3, -0.25) is 19.5 Å². The van der Waals surface area contributed by atoms with Crippen LogP contribution in [0.3, 0.4) is 0 Å². The smallest absolute Gasteiger partial charge is 0.309 e. The Kier molecular flexibility index (Phi) is 8.33. The molecule has 3 heterocycles. The Morgan fingerprint density at radius 3 is 2.54 bits per heavy atom. The molecule has 0 aliphatic carbocycles. The number of pyridine rings is 1. The number of para-hydroxylation sites is 2. The highest BCUT2D eigenvalue weighted by molar-refractivity contribution is 7.10. The molecule has 1 aliphatic rings. The monoisotopic (exact) mass is 493 g/mol. The molecule has 2 atom stereocenters. The summed E-state index contributed by atoms with van der Waals surface area (Å²) in [6.45, 7) is 5.56. The number of thiophene rings is 1. The quantitative estimate of drug-likeness (QED) is 0.470. The van der Waals surface area contributed by atoms with E-state index in [1.807, 2.05) is 42.6 Å². The van der Waals surface area contributed by atoms with E-state index in [2.05, 4.69) is 37.6 Å². The van der Waals surface area contributed by atoms with Crippen molar-refractivity contribution in [2.75, 3.05) is 38.2 Å². The minimum Gasteiger partial charge on any atom is -0.495 e. The van der Waals surface area contributed by atoms with Crippen molar-refractivity contribution >= 4 is 28.8 Å². The van der Waals surface area contributed by atoms with Crippen LogP contribution in [0.4, 0.5) is 5.69 Å². The summed E-state index contributed by atoms with van der Waals surface area (Å²) < 4.78 is 5.54. The molecule has 1 saturated heterocycles. The molecule has 1 aromatic carbocycles. The first kappa shape index (κ1) is 24.7. The molecule has 184 valence electrons. The fourth-order valence-corrected chi connectivity index (χ4v) is 5.41. The second-order valence-corrected chi connectivity index (χ2v) is 9.44. The fraction of sp³-hybridized carbons (Fsp3) is 0.346. The molecule has 2 N–H and O–H groups in total. The van der Waals surface area contributed by atoms with Crippen molar-refractivity contribution in [2.45, 2.75) is 25.6 Å². The number of methoxy groups -OCH3 is 1. The molecule has 3 aromatic rings. The van der Waals surface area contributed by atoms with Gasteiger partial charge >= 0.3 is 11.8 Å². The first-order valence-electron chi connectivity index (χ1n) is 11.7. The van der Waals surface area contributed by atoms with Crippen molar-refractivity contribution in [3.8, 4) is 5.75 Å². The maximum absolute atomic E-state index is 12.7. The number of benzene rings is 1. The third kappa shape index (κ3) is 6.17. The van der Waals surface area contributed by atoms with Crippen molar-refractivity contribution in [1.82, 2.24) is 20.5 Å². The average Bonchev–Trinajstić information content (AvgIpc) is 3.42. The third-order valence-corrected chi connectivity index (χ3v) is 7.13. The van der Waals surface area contributed by atoms with Crippen molar-refractivity contribution < 1.29 is 14.3 Å². The topological polar surface area (TPSA) is 86.8 Å². The molecular weight excluding hydrogens is 462 g/mol. The Balaban J connectivity index is 1.38. The van der Waals surface area contributed by atoms with Gasteiger partial charge in [0.15, 0.2) is 0 Å². The number of carbonyl (C=O) groups is 2. The minimum atomic E-state index is -0.647. The van der Waals surface area contributed by atoms with E-state index in [4.69, 9.17) is 4.74 Å². The molecule has 0 spiro atoms. The van der Waals surface area contributed by atoms with Crippen LogP contribution in [0.2, 0.25) is 0 Å². The molecule has 9 heteroatoms. The normalized spacial score (nSPS) is 15.8. The van der Waals surface area contributed by atoms with Crippen LogP contribution < -0.4 is 20.3 Å². The number of piperazine rings is 1. The van der Waals surface area contributed by atoms with Gasteiger partial charge in [0.2, 0.25) is 0 Å². The molecule has 1 aliphatic heterocycles. The Morgan fingerprint density at radius 2 is 1.86 bits per heavy atom. The Labute approximate surface area is 209 Å². The van der Waals surface area contributed by atoms with E-state index in [1.54, 1.807) is 36.9 Å².